The van der Waals surface area contributed by atoms with E-state index in [1.807, 2.05) is 36.4 Å². The molecule has 0 saturated carbocycles. The Morgan fingerprint density at radius 2 is 2.04 bits per heavy atom. The van der Waals surface area contributed by atoms with Crippen molar-refractivity contribution in [2.45, 2.75) is 6.54 Å². The fourth-order valence-electron chi connectivity index (χ4n) is 2.64. The number of carbonyl (C=O) groups is 1. The van der Waals surface area contributed by atoms with Gasteiger partial charge in [0.25, 0.3) is 5.56 Å². The van der Waals surface area contributed by atoms with Crippen LogP contribution in [0.15, 0.2) is 64.1 Å². The first-order chi connectivity index (χ1) is 12.7. The van der Waals surface area contributed by atoms with Crippen molar-refractivity contribution in [1.29, 1.82) is 0 Å². The minimum atomic E-state index is -0.553. The predicted molar refractivity (Wildman–Crippen MR) is 98.5 cm³/mol. The normalized spacial score (nSPS) is 11.0. The van der Waals surface area contributed by atoms with Crippen LogP contribution in [0.2, 0.25) is 0 Å². The molecule has 4 aromatic rings. The Morgan fingerprint density at radius 1 is 1.23 bits per heavy atom. The average molecular weight is 366 g/mol. The second-order valence-electron chi connectivity index (χ2n) is 5.63. The Bertz CT molecular complexity index is 1140. The zero-order chi connectivity index (χ0) is 18.1. The molecule has 0 amide bonds. The molecule has 1 aromatic carbocycles. The molecular weight excluding hydrogens is 352 g/mol. The maximum Gasteiger partial charge on any atom is 0.373 e. The third-order valence-electron chi connectivity index (χ3n) is 3.94. The van der Waals surface area contributed by atoms with Gasteiger partial charge in [-0.3, -0.25) is 9.36 Å². The summed E-state index contributed by atoms with van der Waals surface area (Å²) in [6.07, 6.45) is 1.49. The van der Waals surface area contributed by atoms with Crippen LogP contribution in [0, 0.1) is 0 Å². The fraction of sp³-hybridized carbons (Fsp3) is 0.105. The van der Waals surface area contributed by atoms with E-state index in [-0.39, 0.29) is 17.9 Å². The molecule has 130 valence electrons. The molecule has 4 rings (SSSR count). The maximum atomic E-state index is 12.8. The molecule has 0 spiro atoms. The molecule has 7 heteroatoms. The number of hydrogen-bond donors (Lipinski definition) is 0. The third-order valence-corrected chi connectivity index (χ3v) is 5.10. The van der Waals surface area contributed by atoms with E-state index >= 15 is 0 Å². The summed E-state index contributed by atoms with van der Waals surface area (Å²) >= 11 is 1.41. The first kappa shape index (κ1) is 16.3. The predicted octanol–water partition coefficient (Wildman–Crippen LogP) is 3.55. The molecule has 0 fully saturated rings. The third kappa shape index (κ3) is 2.93. The molecule has 3 aromatic heterocycles. The largest absolute Gasteiger partial charge is 0.463 e. The highest BCUT2D eigenvalue weighted by Crippen LogP contribution is 2.30. The van der Waals surface area contributed by atoms with Crippen LogP contribution in [0.1, 0.15) is 16.3 Å². The molecule has 0 aliphatic heterocycles. The number of thiophene rings is 1. The van der Waals surface area contributed by atoms with E-state index in [0.717, 1.165) is 10.4 Å². The summed E-state index contributed by atoms with van der Waals surface area (Å²) in [6.45, 7) is 0.192. The zero-order valence-corrected chi connectivity index (χ0v) is 14.7. The topological polar surface area (TPSA) is 74.3 Å². The molecule has 0 aliphatic carbocycles. The summed E-state index contributed by atoms with van der Waals surface area (Å²) in [5.41, 5.74) is 1.58. The van der Waals surface area contributed by atoms with E-state index in [1.165, 1.54) is 35.4 Å². The van der Waals surface area contributed by atoms with Crippen molar-refractivity contribution in [1.82, 2.24) is 9.55 Å². The van der Waals surface area contributed by atoms with Crippen LogP contribution in [-0.4, -0.2) is 22.6 Å². The van der Waals surface area contributed by atoms with Gasteiger partial charge in [0.1, 0.15) is 10.5 Å². The van der Waals surface area contributed by atoms with Gasteiger partial charge in [-0.05, 0) is 23.8 Å². The van der Waals surface area contributed by atoms with Gasteiger partial charge >= 0.3 is 5.97 Å². The lowest BCUT2D eigenvalue weighted by molar-refractivity contribution is 0.0563. The summed E-state index contributed by atoms with van der Waals surface area (Å²) < 4.78 is 12.1. The van der Waals surface area contributed by atoms with Gasteiger partial charge in [0, 0.05) is 4.88 Å². The number of aromatic nitrogens is 2. The average Bonchev–Trinajstić information content (AvgIpc) is 3.32. The Kier molecular flexibility index (Phi) is 4.14. The minimum absolute atomic E-state index is 0.104. The summed E-state index contributed by atoms with van der Waals surface area (Å²) in [4.78, 5) is 29.6. The maximum absolute atomic E-state index is 12.8. The molecule has 0 saturated heterocycles. The van der Waals surface area contributed by atoms with Crippen molar-refractivity contribution in [3.63, 3.8) is 0 Å². The summed E-state index contributed by atoms with van der Waals surface area (Å²) in [7, 11) is 1.29. The number of fused-ring (bicyclic) bond motifs is 1. The number of hydrogen-bond acceptors (Lipinski definition) is 6. The molecule has 0 N–H and O–H groups in total. The number of carbonyl (C=O) groups excluding carboxylic acids is 1. The van der Waals surface area contributed by atoms with Crippen LogP contribution in [0.25, 0.3) is 20.7 Å². The van der Waals surface area contributed by atoms with Crippen molar-refractivity contribution in [2.24, 2.45) is 0 Å². The van der Waals surface area contributed by atoms with Gasteiger partial charge in [0.2, 0.25) is 5.76 Å². The lowest BCUT2D eigenvalue weighted by atomic mass is 10.2. The quantitative estimate of drug-likeness (QED) is 0.516. The summed E-state index contributed by atoms with van der Waals surface area (Å²) in [6, 6.07) is 15.0. The number of ether oxygens (including phenoxy) is 1. The van der Waals surface area contributed by atoms with Crippen LogP contribution in [0.4, 0.5) is 0 Å². The molecule has 0 radical (unpaired) electrons. The number of methoxy groups -OCH3 is 1. The molecule has 0 bridgehead atoms. The monoisotopic (exact) mass is 366 g/mol. The number of benzene rings is 1. The Hall–Kier alpha value is -3.19. The molecule has 26 heavy (non-hydrogen) atoms. The van der Waals surface area contributed by atoms with Crippen LogP contribution >= 0.6 is 11.3 Å². The molecule has 0 unspecified atom stereocenters. The first-order valence-electron chi connectivity index (χ1n) is 7.87. The van der Waals surface area contributed by atoms with Gasteiger partial charge in [-0.25, -0.2) is 9.78 Å². The van der Waals surface area contributed by atoms with Gasteiger partial charge in [-0.1, -0.05) is 30.3 Å². The highest BCUT2D eigenvalue weighted by molar-refractivity contribution is 7.22. The SMILES string of the molecule is COC(=O)c1ccc(Cn2cnc3cc(-c4ccccc4)sc3c2=O)o1. The van der Waals surface area contributed by atoms with Gasteiger partial charge < -0.3 is 9.15 Å². The van der Waals surface area contributed by atoms with E-state index < -0.39 is 5.97 Å². The number of furan rings is 1. The van der Waals surface area contributed by atoms with E-state index in [2.05, 4.69) is 9.72 Å². The number of esters is 1. The van der Waals surface area contributed by atoms with Crippen molar-refractivity contribution in [3.8, 4) is 10.4 Å². The second-order valence-corrected chi connectivity index (χ2v) is 6.68. The van der Waals surface area contributed by atoms with Crippen LogP contribution in [0.3, 0.4) is 0 Å². The highest BCUT2D eigenvalue weighted by atomic mass is 32.1. The van der Waals surface area contributed by atoms with Crippen LogP contribution < -0.4 is 5.56 Å². The Morgan fingerprint density at radius 3 is 2.81 bits per heavy atom. The molecule has 3 heterocycles. The molecule has 0 aliphatic rings. The van der Waals surface area contributed by atoms with Crippen molar-refractivity contribution in [2.75, 3.05) is 7.11 Å². The van der Waals surface area contributed by atoms with Gasteiger partial charge in [0.05, 0.1) is 25.5 Å². The van der Waals surface area contributed by atoms with E-state index in [1.54, 1.807) is 6.07 Å². The fourth-order valence-corrected chi connectivity index (χ4v) is 3.71. The van der Waals surface area contributed by atoms with E-state index in [0.29, 0.717) is 16.0 Å². The lowest BCUT2D eigenvalue weighted by Gasteiger charge is -2.02. The van der Waals surface area contributed by atoms with E-state index in [4.69, 9.17) is 4.42 Å². The van der Waals surface area contributed by atoms with E-state index in [9.17, 15) is 9.59 Å². The zero-order valence-electron chi connectivity index (χ0n) is 13.8. The molecule has 0 atom stereocenters. The molecular formula is C19H14N2O4S. The van der Waals surface area contributed by atoms with Gasteiger partial charge in [-0.2, -0.15) is 0 Å². The van der Waals surface area contributed by atoms with Crippen LogP contribution in [-0.2, 0) is 11.3 Å². The minimum Gasteiger partial charge on any atom is -0.463 e. The van der Waals surface area contributed by atoms with Gasteiger partial charge in [-0.15, -0.1) is 11.3 Å². The summed E-state index contributed by atoms with van der Waals surface area (Å²) in [5, 5.41) is 0. The summed E-state index contributed by atoms with van der Waals surface area (Å²) in [5.74, 6) is 0.0310. The first-order valence-corrected chi connectivity index (χ1v) is 8.69. The smallest absolute Gasteiger partial charge is 0.373 e. The van der Waals surface area contributed by atoms with Crippen molar-refractivity contribution < 1.29 is 13.9 Å². The van der Waals surface area contributed by atoms with Crippen LogP contribution in [0.5, 0.6) is 0 Å². The number of nitrogens with zero attached hydrogens (tertiary/aromatic N) is 2. The van der Waals surface area contributed by atoms with Crippen molar-refractivity contribution >= 4 is 27.5 Å². The Labute approximate surface area is 152 Å². The second kappa shape index (κ2) is 6.61. The van der Waals surface area contributed by atoms with Crippen molar-refractivity contribution in [3.05, 3.63) is 76.7 Å². The lowest BCUT2D eigenvalue weighted by Crippen LogP contribution is -2.19. The number of rotatable bonds is 4. The Balaban J connectivity index is 1.68. The highest BCUT2D eigenvalue weighted by Gasteiger charge is 2.14. The standard InChI is InChI=1S/C19H14N2O4S/c1-24-19(23)15-8-7-13(25-15)10-21-11-20-14-9-16(26-17(14)18(21)22)12-5-3-2-4-6-12/h2-9,11H,10H2,1H3. The molecule has 6 nitrogen and oxygen atoms in total. The van der Waals surface area contributed by atoms with Gasteiger partial charge in [0.15, 0.2) is 0 Å².